The number of hydrogen-bond acceptors (Lipinski definition) is 5. The van der Waals surface area contributed by atoms with Gasteiger partial charge in [-0.15, -0.1) is 11.3 Å². The lowest BCUT2D eigenvalue weighted by atomic mass is 9.90. The Balaban J connectivity index is 1.06. The highest BCUT2D eigenvalue weighted by Crippen LogP contribution is 2.59. The largest absolute Gasteiger partial charge is 0.339 e. The lowest BCUT2D eigenvalue weighted by molar-refractivity contribution is -0.118. The van der Waals surface area contributed by atoms with Crippen LogP contribution in [-0.4, -0.2) is 44.6 Å². The highest BCUT2D eigenvalue weighted by molar-refractivity contribution is 7.18. The number of nitrogens with one attached hydrogen (secondary N) is 1. The lowest BCUT2D eigenvalue weighted by Gasteiger charge is -2.32. The van der Waals surface area contributed by atoms with Gasteiger partial charge in [-0.05, 0) is 61.9 Å². The van der Waals surface area contributed by atoms with E-state index in [1.54, 1.807) is 28.4 Å². The van der Waals surface area contributed by atoms with Crippen molar-refractivity contribution >= 4 is 39.1 Å². The van der Waals surface area contributed by atoms with Crippen molar-refractivity contribution in [2.75, 3.05) is 18.4 Å². The van der Waals surface area contributed by atoms with Crippen molar-refractivity contribution in [2.45, 2.75) is 26.2 Å². The maximum absolute atomic E-state index is 13.0. The van der Waals surface area contributed by atoms with E-state index in [1.807, 2.05) is 60.4 Å². The zero-order valence-corrected chi connectivity index (χ0v) is 19.7. The summed E-state index contributed by atoms with van der Waals surface area (Å²) in [4.78, 5) is 32.4. The van der Waals surface area contributed by atoms with Crippen LogP contribution in [0.3, 0.4) is 0 Å². The van der Waals surface area contributed by atoms with E-state index in [0.29, 0.717) is 18.7 Å². The molecule has 4 aromatic rings. The molecule has 1 spiro atoms. The summed E-state index contributed by atoms with van der Waals surface area (Å²) in [5.41, 5.74) is 3.27. The standard InChI is InChI=1S/C26H25N5O2S/c1-17-28-22-13-19(7-8-23(22)34-17)29-24(32)21-14-26(21)9-11-30(12-10-26)25(33)18-15-27-31(16-18)20-5-3-2-4-6-20/h2-8,13,15-16,21H,9-12,14H2,1H3,(H,29,32). The van der Waals surface area contributed by atoms with Gasteiger partial charge in [-0.3, -0.25) is 9.59 Å². The van der Waals surface area contributed by atoms with Gasteiger partial charge in [0, 0.05) is 30.9 Å². The molecule has 1 unspecified atom stereocenters. The van der Waals surface area contributed by atoms with E-state index in [9.17, 15) is 9.59 Å². The average molecular weight is 472 g/mol. The number of aryl methyl sites for hydroxylation is 1. The van der Waals surface area contributed by atoms with Gasteiger partial charge in [-0.2, -0.15) is 5.10 Å². The smallest absolute Gasteiger partial charge is 0.257 e. The summed E-state index contributed by atoms with van der Waals surface area (Å²) >= 11 is 1.66. The van der Waals surface area contributed by atoms with Gasteiger partial charge in [0.1, 0.15) is 0 Å². The maximum atomic E-state index is 13.0. The third-order valence-corrected chi connectivity index (χ3v) is 8.12. The van der Waals surface area contributed by atoms with Gasteiger partial charge in [0.15, 0.2) is 0 Å². The van der Waals surface area contributed by atoms with E-state index in [1.165, 1.54) is 0 Å². The molecule has 6 rings (SSSR count). The number of rotatable bonds is 4. The van der Waals surface area contributed by atoms with Crippen molar-refractivity contribution < 1.29 is 9.59 Å². The molecule has 7 nitrogen and oxygen atoms in total. The van der Waals surface area contributed by atoms with Gasteiger partial charge in [0.25, 0.3) is 5.91 Å². The molecule has 0 radical (unpaired) electrons. The summed E-state index contributed by atoms with van der Waals surface area (Å²) < 4.78 is 2.86. The van der Waals surface area contributed by atoms with Crippen LogP contribution in [0.25, 0.3) is 15.9 Å². The quantitative estimate of drug-likeness (QED) is 0.469. The molecule has 1 saturated carbocycles. The topological polar surface area (TPSA) is 80.1 Å². The molecule has 2 amide bonds. The van der Waals surface area contributed by atoms with Gasteiger partial charge in [0.05, 0.1) is 32.7 Å². The number of fused-ring (bicyclic) bond motifs is 1. The van der Waals surface area contributed by atoms with Crippen molar-refractivity contribution in [3.05, 3.63) is 71.5 Å². The van der Waals surface area contributed by atoms with E-state index in [4.69, 9.17) is 0 Å². The summed E-state index contributed by atoms with van der Waals surface area (Å²) in [6.07, 6.45) is 6.02. The lowest BCUT2D eigenvalue weighted by Crippen LogP contribution is -2.40. The van der Waals surface area contributed by atoms with Crippen LogP contribution in [0, 0.1) is 18.3 Å². The fourth-order valence-corrected chi connectivity index (χ4v) is 5.92. The van der Waals surface area contributed by atoms with E-state index in [-0.39, 0.29) is 23.1 Å². The van der Waals surface area contributed by atoms with E-state index in [2.05, 4.69) is 15.4 Å². The SMILES string of the molecule is Cc1nc2cc(NC(=O)C3CC34CCN(C(=O)c3cnn(-c5ccccc5)c3)CC4)ccc2s1. The number of piperidine rings is 1. The van der Waals surface area contributed by atoms with Crippen molar-refractivity contribution in [3.63, 3.8) is 0 Å². The monoisotopic (exact) mass is 471 g/mol. The molecule has 0 bridgehead atoms. The number of anilines is 1. The summed E-state index contributed by atoms with van der Waals surface area (Å²) in [5.74, 6) is 0.0965. The van der Waals surface area contributed by atoms with Crippen LogP contribution in [0.5, 0.6) is 0 Å². The van der Waals surface area contributed by atoms with Gasteiger partial charge in [0.2, 0.25) is 5.91 Å². The van der Waals surface area contributed by atoms with Crippen LogP contribution in [0.2, 0.25) is 0 Å². The fraction of sp³-hybridized carbons (Fsp3) is 0.308. The number of amides is 2. The van der Waals surface area contributed by atoms with Crippen molar-refractivity contribution in [2.24, 2.45) is 11.3 Å². The molecule has 8 heteroatoms. The Hall–Kier alpha value is -3.52. The van der Waals surface area contributed by atoms with E-state index in [0.717, 1.165) is 45.9 Å². The Kier molecular flexibility index (Phi) is 4.99. The average Bonchev–Trinajstić information content (AvgIpc) is 3.18. The predicted molar refractivity (Wildman–Crippen MR) is 132 cm³/mol. The van der Waals surface area contributed by atoms with Crippen molar-refractivity contribution in [1.29, 1.82) is 0 Å². The minimum Gasteiger partial charge on any atom is -0.339 e. The summed E-state index contributed by atoms with van der Waals surface area (Å²) in [5, 5.41) is 8.46. The number of carbonyl (C=O) groups excluding carboxylic acids is 2. The summed E-state index contributed by atoms with van der Waals surface area (Å²) in [6.45, 7) is 3.33. The molecule has 1 saturated heterocycles. The normalized spacial score (nSPS) is 18.9. The van der Waals surface area contributed by atoms with Crippen LogP contribution < -0.4 is 5.32 Å². The second kappa shape index (κ2) is 8.06. The molecule has 2 aromatic carbocycles. The first-order valence-corrected chi connectivity index (χ1v) is 12.4. The van der Waals surface area contributed by atoms with E-state index >= 15 is 0 Å². The Labute approximate surface area is 201 Å². The molecule has 34 heavy (non-hydrogen) atoms. The Morgan fingerprint density at radius 1 is 1.12 bits per heavy atom. The first-order chi connectivity index (χ1) is 16.5. The van der Waals surface area contributed by atoms with Gasteiger partial charge in [-0.25, -0.2) is 9.67 Å². The second-order valence-corrected chi connectivity index (χ2v) is 10.6. The van der Waals surface area contributed by atoms with Gasteiger partial charge >= 0.3 is 0 Å². The van der Waals surface area contributed by atoms with Crippen LogP contribution in [0.1, 0.15) is 34.6 Å². The number of likely N-dealkylation sites (tertiary alicyclic amines) is 1. The number of para-hydroxylation sites is 1. The molecule has 1 atom stereocenters. The number of aromatic nitrogens is 3. The molecule has 3 heterocycles. The minimum atomic E-state index is 0.00513. The van der Waals surface area contributed by atoms with Crippen molar-refractivity contribution in [3.8, 4) is 5.69 Å². The maximum Gasteiger partial charge on any atom is 0.257 e. The Bertz CT molecular complexity index is 1380. The number of benzene rings is 2. The van der Waals surface area contributed by atoms with Gasteiger partial charge < -0.3 is 10.2 Å². The number of thiazole rings is 1. The van der Waals surface area contributed by atoms with Crippen molar-refractivity contribution in [1.82, 2.24) is 19.7 Å². The number of nitrogens with zero attached hydrogens (tertiary/aromatic N) is 4. The molecule has 2 aromatic heterocycles. The molecular formula is C26H25N5O2S. The van der Waals surface area contributed by atoms with Gasteiger partial charge in [-0.1, -0.05) is 18.2 Å². The zero-order chi connectivity index (χ0) is 23.3. The third-order valence-electron chi connectivity index (χ3n) is 7.16. The molecule has 2 aliphatic rings. The molecule has 1 aliphatic carbocycles. The Morgan fingerprint density at radius 3 is 2.71 bits per heavy atom. The Morgan fingerprint density at radius 2 is 1.91 bits per heavy atom. The molecule has 1 N–H and O–H groups in total. The van der Waals surface area contributed by atoms with Crippen LogP contribution in [0.4, 0.5) is 5.69 Å². The highest BCUT2D eigenvalue weighted by atomic mass is 32.1. The minimum absolute atomic E-state index is 0.00513. The van der Waals surface area contributed by atoms with Crippen LogP contribution in [0.15, 0.2) is 60.9 Å². The predicted octanol–water partition coefficient (Wildman–Crippen LogP) is 4.67. The third kappa shape index (κ3) is 3.77. The highest BCUT2D eigenvalue weighted by Gasteiger charge is 2.58. The number of carbonyl (C=O) groups is 2. The summed E-state index contributed by atoms with van der Waals surface area (Å²) in [6, 6.07) is 15.7. The molecule has 1 aliphatic heterocycles. The first kappa shape index (κ1) is 21.0. The first-order valence-electron chi connectivity index (χ1n) is 11.6. The fourth-order valence-electron chi connectivity index (χ4n) is 5.11. The molecule has 2 fully saturated rings. The zero-order valence-electron chi connectivity index (χ0n) is 18.9. The molecular weight excluding hydrogens is 446 g/mol. The number of hydrogen-bond donors (Lipinski definition) is 1. The van der Waals surface area contributed by atoms with E-state index < -0.39 is 0 Å². The summed E-state index contributed by atoms with van der Waals surface area (Å²) in [7, 11) is 0. The molecule has 172 valence electrons. The second-order valence-electron chi connectivity index (χ2n) is 9.33. The van der Waals surface area contributed by atoms with Crippen LogP contribution in [-0.2, 0) is 4.79 Å². The van der Waals surface area contributed by atoms with Crippen LogP contribution >= 0.6 is 11.3 Å².